The van der Waals surface area contributed by atoms with Crippen molar-refractivity contribution in [2.75, 3.05) is 24.6 Å². The van der Waals surface area contributed by atoms with Crippen molar-refractivity contribution in [3.8, 4) is 0 Å². The lowest BCUT2D eigenvalue weighted by atomic mass is 10.2. The molecule has 1 aromatic carbocycles. The van der Waals surface area contributed by atoms with Gasteiger partial charge in [-0.2, -0.15) is 5.10 Å². The maximum Gasteiger partial charge on any atom is 0.343 e. The van der Waals surface area contributed by atoms with Crippen molar-refractivity contribution < 1.29 is 14.3 Å². The lowest BCUT2D eigenvalue weighted by Gasteiger charge is -2.21. The first kappa shape index (κ1) is 20.5. The smallest absolute Gasteiger partial charge is 0.343 e. The van der Waals surface area contributed by atoms with Crippen LogP contribution in [0.4, 0.5) is 10.6 Å². The Morgan fingerprint density at radius 2 is 1.89 bits per heavy atom. The van der Waals surface area contributed by atoms with Crippen LogP contribution in [0.15, 0.2) is 36.5 Å². The van der Waals surface area contributed by atoms with Crippen molar-refractivity contribution in [3.05, 3.63) is 47.7 Å². The van der Waals surface area contributed by atoms with Crippen LogP contribution in [0.5, 0.6) is 0 Å². The van der Waals surface area contributed by atoms with Crippen LogP contribution in [0.2, 0.25) is 0 Å². The second kappa shape index (κ2) is 10.4. The minimum Gasteiger partial charge on any atom is -0.462 e. The summed E-state index contributed by atoms with van der Waals surface area (Å²) in [5.41, 5.74) is 1.35. The molecule has 2 rings (SSSR count). The van der Waals surface area contributed by atoms with E-state index in [0.717, 1.165) is 18.4 Å². The first-order chi connectivity index (χ1) is 13.1. The summed E-state index contributed by atoms with van der Waals surface area (Å²) in [4.78, 5) is 26.6. The van der Waals surface area contributed by atoms with E-state index in [9.17, 15) is 9.59 Å². The van der Waals surface area contributed by atoms with Gasteiger partial charge >= 0.3 is 12.0 Å². The summed E-state index contributed by atoms with van der Waals surface area (Å²) in [5, 5.41) is 7.40. The Morgan fingerprint density at radius 3 is 2.52 bits per heavy atom. The summed E-state index contributed by atoms with van der Waals surface area (Å²) < 4.78 is 6.84. The third kappa shape index (κ3) is 5.57. The van der Waals surface area contributed by atoms with E-state index in [-0.39, 0.29) is 12.6 Å². The van der Waals surface area contributed by atoms with E-state index >= 15 is 0 Å². The largest absolute Gasteiger partial charge is 0.462 e. The summed E-state index contributed by atoms with van der Waals surface area (Å²) in [5.74, 6) is -0.143. The molecule has 0 unspecified atom stereocenters. The fraction of sp³-hybridized carbons (Fsp3) is 0.450. The maximum atomic E-state index is 12.6. The Balaban J connectivity index is 2.37. The van der Waals surface area contributed by atoms with Gasteiger partial charge in [-0.1, -0.05) is 44.2 Å². The van der Waals surface area contributed by atoms with Gasteiger partial charge in [-0.25, -0.2) is 9.59 Å². The molecular weight excluding hydrogens is 344 g/mol. The van der Waals surface area contributed by atoms with Crippen molar-refractivity contribution in [2.24, 2.45) is 0 Å². The zero-order valence-corrected chi connectivity index (χ0v) is 16.3. The van der Waals surface area contributed by atoms with Crippen LogP contribution in [0.3, 0.4) is 0 Å². The van der Waals surface area contributed by atoms with E-state index in [0.29, 0.717) is 31.0 Å². The molecule has 0 spiro atoms. The number of hydrogen-bond donors (Lipinski definition) is 1. The topological polar surface area (TPSA) is 76.5 Å². The number of hydrogen-bond acceptors (Lipinski definition) is 4. The van der Waals surface area contributed by atoms with Gasteiger partial charge in [0.05, 0.1) is 13.2 Å². The molecule has 2 amide bonds. The van der Waals surface area contributed by atoms with Gasteiger partial charge in [0.2, 0.25) is 0 Å². The molecular formula is C20H28N4O3. The minimum atomic E-state index is -0.476. The molecule has 1 aromatic heterocycles. The molecule has 0 fully saturated rings. The van der Waals surface area contributed by atoms with E-state index in [1.54, 1.807) is 17.8 Å². The van der Waals surface area contributed by atoms with E-state index in [1.165, 1.54) is 4.90 Å². The molecule has 0 aliphatic rings. The average Bonchev–Trinajstić information content (AvgIpc) is 3.08. The second-order valence-corrected chi connectivity index (χ2v) is 6.15. The summed E-state index contributed by atoms with van der Waals surface area (Å²) in [7, 11) is 0. The zero-order valence-electron chi connectivity index (χ0n) is 16.3. The van der Waals surface area contributed by atoms with Gasteiger partial charge in [0.15, 0.2) is 5.82 Å². The van der Waals surface area contributed by atoms with Crippen molar-refractivity contribution in [2.45, 2.75) is 40.2 Å². The van der Waals surface area contributed by atoms with Crippen LogP contribution in [0.1, 0.15) is 49.5 Å². The van der Waals surface area contributed by atoms with Gasteiger partial charge in [0.25, 0.3) is 0 Å². The van der Waals surface area contributed by atoms with Crippen molar-refractivity contribution >= 4 is 17.8 Å². The van der Waals surface area contributed by atoms with E-state index in [1.807, 2.05) is 44.2 Å². The fourth-order valence-electron chi connectivity index (χ4n) is 2.67. The number of urea groups is 1. The van der Waals surface area contributed by atoms with Crippen molar-refractivity contribution in [1.29, 1.82) is 0 Å². The third-order valence-corrected chi connectivity index (χ3v) is 3.90. The maximum absolute atomic E-state index is 12.6. The monoisotopic (exact) mass is 372 g/mol. The third-order valence-electron chi connectivity index (χ3n) is 3.90. The standard InChI is InChI=1S/C20H28N4O3/c1-4-12-21-20(26)24(13-5-2)18-17(19(25)27-6-3)15-23(22-18)14-16-10-8-7-9-11-16/h7-11,15H,4-6,12-14H2,1-3H3,(H,21,26). The van der Waals surface area contributed by atoms with Crippen molar-refractivity contribution in [3.63, 3.8) is 0 Å². The molecule has 0 bridgehead atoms. The number of esters is 1. The Hall–Kier alpha value is -2.83. The van der Waals surface area contributed by atoms with Crippen LogP contribution in [0, 0.1) is 0 Å². The Labute approximate surface area is 160 Å². The Kier molecular flexibility index (Phi) is 7.85. The van der Waals surface area contributed by atoms with Gasteiger partial charge in [-0.15, -0.1) is 0 Å². The number of benzene rings is 1. The number of anilines is 1. The highest BCUT2D eigenvalue weighted by atomic mass is 16.5. The summed E-state index contributed by atoms with van der Waals surface area (Å²) in [6.45, 7) is 7.52. The van der Waals surface area contributed by atoms with Gasteiger partial charge in [-0.05, 0) is 25.3 Å². The number of carbonyl (C=O) groups is 2. The molecule has 0 radical (unpaired) electrons. The Bertz CT molecular complexity index is 743. The van der Waals surface area contributed by atoms with Crippen LogP contribution in [0.25, 0.3) is 0 Å². The molecule has 7 heteroatoms. The predicted octanol–water partition coefficient (Wildman–Crippen LogP) is 3.44. The highest BCUT2D eigenvalue weighted by Gasteiger charge is 2.26. The number of ether oxygens (including phenoxy) is 1. The quantitative estimate of drug-likeness (QED) is 0.684. The number of aromatic nitrogens is 2. The molecule has 0 atom stereocenters. The lowest BCUT2D eigenvalue weighted by Crippen LogP contribution is -2.41. The van der Waals surface area contributed by atoms with Gasteiger partial charge in [0, 0.05) is 19.3 Å². The van der Waals surface area contributed by atoms with Crippen LogP contribution >= 0.6 is 0 Å². The van der Waals surface area contributed by atoms with Gasteiger partial charge < -0.3 is 10.1 Å². The SMILES string of the molecule is CCCNC(=O)N(CCC)c1nn(Cc2ccccc2)cc1C(=O)OCC. The number of amides is 2. The summed E-state index contributed by atoms with van der Waals surface area (Å²) >= 11 is 0. The summed E-state index contributed by atoms with van der Waals surface area (Å²) in [6, 6.07) is 9.57. The van der Waals surface area contributed by atoms with E-state index < -0.39 is 5.97 Å². The molecule has 27 heavy (non-hydrogen) atoms. The predicted molar refractivity (Wildman–Crippen MR) is 105 cm³/mol. The van der Waals surface area contributed by atoms with Crippen molar-refractivity contribution in [1.82, 2.24) is 15.1 Å². The average molecular weight is 372 g/mol. The molecule has 0 aliphatic carbocycles. The van der Waals surface area contributed by atoms with Crippen LogP contribution < -0.4 is 10.2 Å². The number of nitrogens with one attached hydrogen (secondary N) is 1. The second-order valence-electron chi connectivity index (χ2n) is 6.15. The number of rotatable bonds is 9. The minimum absolute atomic E-state index is 0.255. The van der Waals surface area contributed by atoms with Gasteiger partial charge in [-0.3, -0.25) is 9.58 Å². The highest BCUT2D eigenvalue weighted by Crippen LogP contribution is 2.21. The molecule has 0 saturated carbocycles. The van der Waals surface area contributed by atoms with Crippen LogP contribution in [-0.2, 0) is 11.3 Å². The Morgan fingerprint density at radius 1 is 1.15 bits per heavy atom. The lowest BCUT2D eigenvalue weighted by molar-refractivity contribution is 0.0527. The van der Waals surface area contributed by atoms with Gasteiger partial charge in [0.1, 0.15) is 5.56 Å². The first-order valence-electron chi connectivity index (χ1n) is 9.44. The normalized spacial score (nSPS) is 10.5. The molecule has 1 N–H and O–H groups in total. The zero-order chi connectivity index (χ0) is 19.6. The highest BCUT2D eigenvalue weighted by molar-refractivity contribution is 6.00. The summed E-state index contributed by atoms with van der Waals surface area (Å²) in [6.07, 6.45) is 3.22. The molecule has 7 nitrogen and oxygen atoms in total. The molecule has 0 saturated heterocycles. The van der Waals surface area contributed by atoms with E-state index in [4.69, 9.17) is 4.74 Å². The van der Waals surface area contributed by atoms with E-state index in [2.05, 4.69) is 10.4 Å². The molecule has 0 aliphatic heterocycles. The molecule has 2 aromatic rings. The molecule has 146 valence electrons. The fourth-order valence-corrected chi connectivity index (χ4v) is 2.67. The number of carbonyl (C=O) groups excluding carboxylic acids is 2. The number of nitrogens with zero attached hydrogens (tertiary/aromatic N) is 3. The molecule has 1 heterocycles. The van der Waals surface area contributed by atoms with Crippen LogP contribution in [-0.4, -0.2) is 41.5 Å². The first-order valence-corrected chi connectivity index (χ1v) is 9.44.